The van der Waals surface area contributed by atoms with Gasteiger partial charge in [0.1, 0.15) is 12.4 Å². The number of hydrogen-bond acceptors (Lipinski definition) is 3. The van der Waals surface area contributed by atoms with Crippen molar-refractivity contribution in [3.8, 4) is 5.75 Å². The highest BCUT2D eigenvalue weighted by atomic mass is 79.9. The number of halogens is 1. The summed E-state index contributed by atoms with van der Waals surface area (Å²) >= 11 is 3.62. The van der Waals surface area contributed by atoms with Gasteiger partial charge in [0.15, 0.2) is 0 Å². The number of rotatable bonds is 6. The molecule has 1 fully saturated rings. The van der Waals surface area contributed by atoms with E-state index in [4.69, 9.17) is 4.74 Å². The van der Waals surface area contributed by atoms with Crippen molar-refractivity contribution in [1.82, 2.24) is 10.2 Å². The summed E-state index contributed by atoms with van der Waals surface area (Å²) < 4.78 is 6.93. The molecule has 0 bridgehead atoms. The first-order valence-corrected chi connectivity index (χ1v) is 7.82. The van der Waals surface area contributed by atoms with Gasteiger partial charge in [-0.1, -0.05) is 22.0 Å². The van der Waals surface area contributed by atoms with Gasteiger partial charge in [-0.15, -0.1) is 0 Å². The molecule has 1 aliphatic heterocycles. The molecule has 19 heavy (non-hydrogen) atoms. The maximum Gasteiger partial charge on any atom is 0.120 e. The van der Waals surface area contributed by atoms with Crippen LogP contribution < -0.4 is 10.1 Å². The maximum atomic E-state index is 5.83. The summed E-state index contributed by atoms with van der Waals surface area (Å²) in [6.45, 7) is 6.41. The molecule has 0 spiro atoms. The molecule has 1 N–H and O–H groups in total. The first-order chi connectivity index (χ1) is 9.20. The third kappa shape index (κ3) is 4.20. The molecule has 0 saturated carbocycles. The monoisotopic (exact) mass is 326 g/mol. The van der Waals surface area contributed by atoms with Crippen molar-refractivity contribution >= 4 is 15.9 Å². The number of ether oxygens (including phenoxy) is 1. The second-order valence-electron chi connectivity index (χ2n) is 5.09. The third-order valence-electron chi connectivity index (χ3n) is 3.75. The smallest absolute Gasteiger partial charge is 0.120 e. The van der Waals surface area contributed by atoms with Gasteiger partial charge in [0.2, 0.25) is 0 Å². The molecule has 1 aromatic rings. The summed E-state index contributed by atoms with van der Waals surface area (Å²) in [5, 5.41) is 3.24. The van der Waals surface area contributed by atoms with E-state index in [2.05, 4.69) is 51.3 Å². The van der Waals surface area contributed by atoms with Gasteiger partial charge in [0, 0.05) is 17.1 Å². The molecule has 1 saturated heterocycles. The largest absolute Gasteiger partial charge is 0.492 e. The van der Waals surface area contributed by atoms with Gasteiger partial charge in [0.05, 0.1) is 0 Å². The summed E-state index contributed by atoms with van der Waals surface area (Å²) in [5.74, 6) is 0.943. The summed E-state index contributed by atoms with van der Waals surface area (Å²) in [4.78, 5) is 2.46. The lowest BCUT2D eigenvalue weighted by Gasteiger charge is -2.16. The summed E-state index contributed by atoms with van der Waals surface area (Å²) in [6, 6.07) is 6.58. The normalized spacial score (nSPS) is 17.6. The van der Waals surface area contributed by atoms with Crippen LogP contribution >= 0.6 is 15.9 Å². The zero-order valence-electron chi connectivity index (χ0n) is 11.8. The minimum atomic E-state index is 0.341. The van der Waals surface area contributed by atoms with Crippen LogP contribution in [0.1, 0.15) is 31.4 Å². The first kappa shape index (κ1) is 14.8. The van der Waals surface area contributed by atoms with Gasteiger partial charge in [-0.3, -0.25) is 4.90 Å². The Kier molecular flexibility index (Phi) is 5.67. The minimum absolute atomic E-state index is 0.341. The molecule has 0 aliphatic carbocycles. The van der Waals surface area contributed by atoms with Crippen LogP contribution in [0.25, 0.3) is 0 Å². The Morgan fingerprint density at radius 2 is 2.11 bits per heavy atom. The lowest BCUT2D eigenvalue weighted by Crippen LogP contribution is -2.25. The van der Waals surface area contributed by atoms with E-state index in [1.807, 2.05) is 7.05 Å². The van der Waals surface area contributed by atoms with Crippen molar-refractivity contribution in [3.05, 3.63) is 28.2 Å². The SMILES string of the molecule is CNC(C)c1ccc(OCCN2CCCC2)cc1Br. The average Bonchev–Trinajstić information content (AvgIpc) is 2.91. The van der Waals surface area contributed by atoms with Gasteiger partial charge < -0.3 is 10.1 Å². The maximum absolute atomic E-state index is 5.83. The van der Waals surface area contributed by atoms with Crippen LogP contribution in [-0.2, 0) is 0 Å². The molecule has 106 valence electrons. The molecule has 1 heterocycles. The first-order valence-electron chi connectivity index (χ1n) is 7.02. The fourth-order valence-electron chi connectivity index (χ4n) is 2.40. The molecule has 3 nitrogen and oxygen atoms in total. The number of hydrogen-bond donors (Lipinski definition) is 1. The predicted octanol–water partition coefficient (Wildman–Crippen LogP) is 3.20. The van der Waals surface area contributed by atoms with Gasteiger partial charge >= 0.3 is 0 Å². The Morgan fingerprint density at radius 3 is 2.74 bits per heavy atom. The van der Waals surface area contributed by atoms with Crippen molar-refractivity contribution in [1.29, 1.82) is 0 Å². The second kappa shape index (κ2) is 7.27. The van der Waals surface area contributed by atoms with Gasteiger partial charge in [0.25, 0.3) is 0 Å². The van der Waals surface area contributed by atoms with Gasteiger partial charge in [-0.2, -0.15) is 0 Å². The van der Waals surface area contributed by atoms with Crippen molar-refractivity contribution in [3.63, 3.8) is 0 Å². The van der Waals surface area contributed by atoms with Crippen LogP contribution in [-0.4, -0.2) is 38.2 Å². The number of nitrogens with one attached hydrogen (secondary N) is 1. The van der Waals surface area contributed by atoms with Gasteiger partial charge in [-0.05, 0) is 57.6 Å². The van der Waals surface area contributed by atoms with E-state index in [1.165, 1.54) is 31.5 Å². The third-order valence-corrected chi connectivity index (χ3v) is 4.43. The molecule has 2 rings (SSSR count). The van der Waals surface area contributed by atoms with Crippen molar-refractivity contribution in [2.75, 3.05) is 33.3 Å². The number of benzene rings is 1. The van der Waals surface area contributed by atoms with E-state index >= 15 is 0 Å². The molecule has 1 atom stereocenters. The molecule has 1 aromatic carbocycles. The Hall–Kier alpha value is -0.580. The van der Waals surface area contributed by atoms with E-state index < -0.39 is 0 Å². The number of nitrogens with zero attached hydrogens (tertiary/aromatic N) is 1. The lowest BCUT2D eigenvalue weighted by atomic mass is 10.1. The Bertz CT molecular complexity index is 405. The Labute approximate surface area is 124 Å². The van der Waals surface area contributed by atoms with Crippen LogP contribution in [0.3, 0.4) is 0 Å². The summed E-state index contributed by atoms with van der Waals surface area (Å²) in [5.41, 5.74) is 1.26. The lowest BCUT2D eigenvalue weighted by molar-refractivity contribution is 0.237. The van der Waals surface area contributed by atoms with E-state index in [1.54, 1.807) is 0 Å². The molecule has 4 heteroatoms. The minimum Gasteiger partial charge on any atom is -0.492 e. The average molecular weight is 327 g/mol. The van der Waals surface area contributed by atoms with Crippen LogP contribution in [0.2, 0.25) is 0 Å². The van der Waals surface area contributed by atoms with Crippen LogP contribution in [0.15, 0.2) is 22.7 Å². The van der Waals surface area contributed by atoms with E-state index in [0.717, 1.165) is 23.4 Å². The topological polar surface area (TPSA) is 24.5 Å². The molecule has 0 amide bonds. The molecule has 0 radical (unpaired) electrons. The molecular formula is C15H23BrN2O. The van der Waals surface area contributed by atoms with Crippen molar-refractivity contribution < 1.29 is 4.74 Å². The van der Waals surface area contributed by atoms with Crippen LogP contribution in [0.4, 0.5) is 0 Å². The fraction of sp³-hybridized carbons (Fsp3) is 0.600. The predicted molar refractivity (Wildman–Crippen MR) is 82.8 cm³/mol. The van der Waals surface area contributed by atoms with Crippen molar-refractivity contribution in [2.24, 2.45) is 0 Å². The molecular weight excluding hydrogens is 304 g/mol. The van der Waals surface area contributed by atoms with Crippen LogP contribution in [0, 0.1) is 0 Å². The van der Waals surface area contributed by atoms with Gasteiger partial charge in [-0.25, -0.2) is 0 Å². The molecule has 1 unspecified atom stereocenters. The fourth-order valence-corrected chi connectivity index (χ4v) is 3.10. The standard InChI is InChI=1S/C15H23BrN2O/c1-12(17-2)14-6-5-13(11-15(14)16)19-10-9-18-7-3-4-8-18/h5-6,11-12,17H,3-4,7-10H2,1-2H3. The zero-order valence-corrected chi connectivity index (χ0v) is 13.4. The summed E-state index contributed by atoms with van der Waals surface area (Å²) in [7, 11) is 1.97. The quantitative estimate of drug-likeness (QED) is 0.868. The summed E-state index contributed by atoms with van der Waals surface area (Å²) in [6.07, 6.45) is 2.67. The molecule has 0 aromatic heterocycles. The van der Waals surface area contributed by atoms with E-state index in [-0.39, 0.29) is 0 Å². The Morgan fingerprint density at radius 1 is 1.37 bits per heavy atom. The van der Waals surface area contributed by atoms with Crippen LogP contribution in [0.5, 0.6) is 5.75 Å². The molecule has 1 aliphatic rings. The Balaban J connectivity index is 1.85. The highest BCUT2D eigenvalue weighted by Crippen LogP contribution is 2.27. The number of likely N-dealkylation sites (tertiary alicyclic amines) is 1. The van der Waals surface area contributed by atoms with Crippen molar-refractivity contribution in [2.45, 2.75) is 25.8 Å². The zero-order chi connectivity index (χ0) is 13.7. The highest BCUT2D eigenvalue weighted by Gasteiger charge is 2.11. The second-order valence-corrected chi connectivity index (χ2v) is 5.95. The van der Waals surface area contributed by atoms with E-state index in [0.29, 0.717) is 6.04 Å². The van der Waals surface area contributed by atoms with E-state index in [9.17, 15) is 0 Å². The highest BCUT2D eigenvalue weighted by molar-refractivity contribution is 9.10.